The lowest BCUT2D eigenvalue weighted by Crippen LogP contribution is -1.86. The number of nitrogens with zero attached hydrogens (tertiary/aromatic N) is 1. The van der Waals surface area contributed by atoms with Crippen LogP contribution in [0.4, 0.5) is 0 Å². The van der Waals surface area contributed by atoms with E-state index in [0.717, 1.165) is 12.1 Å². The van der Waals surface area contributed by atoms with Gasteiger partial charge >= 0.3 is 0 Å². The summed E-state index contributed by atoms with van der Waals surface area (Å²) in [6.07, 6.45) is 0.918. The fraction of sp³-hybridized carbons (Fsp3) is 0.118. The number of aromatic nitrogens is 1. The first-order valence-corrected chi connectivity index (χ1v) is 8.18. The molecule has 3 aromatic rings. The normalized spacial score (nSPS) is 10.7. The lowest BCUT2D eigenvalue weighted by molar-refractivity contribution is 1.09. The van der Waals surface area contributed by atoms with Crippen LogP contribution in [0.3, 0.4) is 0 Å². The molecule has 0 aliphatic rings. The Kier molecular flexibility index (Phi) is 4.19. The molecule has 0 unspecified atom stereocenters. The van der Waals surface area contributed by atoms with Crippen LogP contribution in [0, 0.1) is 6.92 Å². The Bertz CT molecular complexity index is 675. The molecule has 3 heteroatoms. The van der Waals surface area contributed by atoms with Gasteiger partial charge in [-0.05, 0) is 24.6 Å². The van der Waals surface area contributed by atoms with E-state index in [1.54, 1.807) is 23.1 Å². The third-order valence-corrected chi connectivity index (χ3v) is 5.39. The van der Waals surface area contributed by atoms with Crippen molar-refractivity contribution >= 4 is 23.1 Å². The Hall–Kier alpha value is -1.58. The zero-order valence-electron chi connectivity index (χ0n) is 11.2. The van der Waals surface area contributed by atoms with Gasteiger partial charge in [-0.15, -0.1) is 11.3 Å². The van der Waals surface area contributed by atoms with E-state index in [4.69, 9.17) is 4.98 Å². The molecule has 0 aliphatic heterocycles. The lowest BCUT2D eigenvalue weighted by Gasteiger charge is -1.98. The van der Waals surface area contributed by atoms with E-state index in [-0.39, 0.29) is 0 Å². The van der Waals surface area contributed by atoms with Crippen LogP contribution in [0.5, 0.6) is 0 Å². The van der Waals surface area contributed by atoms with Crippen LogP contribution in [-0.2, 0) is 6.42 Å². The summed E-state index contributed by atoms with van der Waals surface area (Å²) >= 11 is 3.60. The van der Waals surface area contributed by atoms with Gasteiger partial charge in [0, 0.05) is 11.3 Å². The van der Waals surface area contributed by atoms with Gasteiger partial charge in [-0.1, -0.05) is 60.3 Å². The van der Waals surface area contributed by atoms with E-state index in [1.807, 2.05) is 12.1 Å². The summed E-state index contributed by atoms with van der Waals surface area (Å²) in [4.78, 5) is 5.97. The van der Waals surface area contributed by atoms with Gasteiger partial charge in [0.15, 0.2) is 0 Å². The second kappa shape index (κ2) is 6.25. The molecular weight excluding hydrogens is 282 g/mol. The van der Waals surface area contributed by atoms with Crippen molar-refractivity contribution in [2.24, 2.45) is 0 Å². The molecule has 100 valence electrons. The predicted molar refractivity (Wildman–Crippen MR) is 86.7 cm³/mol. The second-order valence-corrected chi connectivity index (χ2v) is 6.98. The first-order chi connectivity index (χ1) is 9.81. The Morgan fingerprint density at radius 1 is 0.950 bits per heavy atom. The molecule has 1 nitrogen and oxygen atoms in total. The molecule has 1 aromatic heterocycles. The van der Waals surface area contributed by atoms with E-state index in [2.05, 4.69) is 55.5 Å². The molecule has 20 heavy (non-hydrogen) atoms. The Labute approximate surface area is 127 Å². The molecule has 0 saturated carbocycles. The summed E-state index contributed by atoms with van der Waals surface area (Å²) in [5, 5.41) is 1.19. The maximum absolute atomic E-state index is 4.70. The first-order valence-electron chi connectivity index (χ1n) is 6.54. The van der Waals surface area contributed by atoms with Gasteiger partial charge in [0.2, 0.25) is 0 Å². The van der Waals surface area contributed by atoms with Crippen LogP contribution >= 0.6 is 23.1 Å². The highest BCUT2D eigenvalue weighted by Gasteiger charge is 2.09. The quantitative estimate of drug-likeness (QED) is 0.657. The minimum Gasteiger partial charge on any atom is -0.245 e. The van der Waals surface area contributed by atoms with Gasteiger partial charge in [-0.25, -0.2) is 4.98 Å². The molecule has 0 spiro atoms. The number of hydrogen-bond donors (Lipinski definition) is 0. The number of rotatable bonds is 4. The number of hydrogen-bond acceptors (Lipinski definition) is 3. The van der Waals surface area contributed by atoms with Crippen molar-refractivity contribution in [2.75, 3.05) is 0 Å². The average Bonchev–Trinajstić information content (AvgIpc) is 2.81. The van der Waals surface area contributed by atoms with Crippen LogP contribution in [-0.4, -0.2) is 4.98 Å². The van der Waals surface area contributed by atoms with Crippen LogP contribution in [0.25, 0.3) is 0 Å². The third-order valence-electron chi connectivity index (χ3n) is 2.95. The largest absolute Gasteiger partial charge is 0.245 e. The van der Waals surface area contributed by atoms with E-state index in [9.17, 15) is 0 Å². The topological polar surface area (TPSA) is 12.9 Å². The van der Waals surface area contributed by atoms with Crippen LogP contribution in [0.15, 0.2) is 69.8 Å². The van der Waals surface area contributed by atoms with Gasteiger partial charge < -0.3 is 0 Å². The van der Waals surface area contributed by atoms with E-state index in [1.165, 1.54) is 19.7 Å². The number of thiazole rings is 1. The second-order valence-electron chi connectivity index (χ2n) is 4.56. The molecule has 0 fully saturated rings. The van der Waals surface area contributed by atoms with Crippen molar-refractivity contribution in [1.82, 2.24) is 4.98 Å². The molecule has 2 aromatic carbocycles. The van der Waals surface area contributed by atoms with Crippen LogP contribution < -0.4 is 0 Å². The summed E-state index contributed by atoms with van der Waals surface area (Å²) in [5.74, 6) is 0. The van der Waals surface area contributed by atoms with E-state index >= 15 is 0 Å². The Morgan fingerprint density at radius 3 is 2.30 bits per heavy atom. The summed E-state index contributed by atoms with van der Waals surface area (Å²) in [6, 6.07) is 21.0. The molecule has 0 saturated heterocycles. The van der Waals surface area contributed by atoms with Crippen molar-refractivity contribution in [1.29, 1.82) is 0 Å². The molecule has 1 heterocycles. The minimum absolute atomic E-state index is 0.918. The standard InChI is InChI=1S/C17H15NS2/c1-13-17(19-15-10-6-3-7-11-15)20-16(18-13)12-14-8-4-2-5-9-14/h2-11H,12H2,1H3. The lowest BCUT2D eigenvalue weighted by atomic mass is 10.2. The summed E-state index contributed by atoms with van der Waals surface area (Å²) in [6.45, 7) is 2.09. The highest BCUT2D eigenvalue weighted by Crippen LogP contribution is 2.35. The molecule has 3 rings (SSSR count). The summed E-state index contributed by atoms with van der Waals surface area (Å²) in [7, 11) is 0. The van der Waals surface area contributed by atoms with Crippen molar-refractivity contribution in [3.63, 3.8) is 0 Å². The fourth-order valence-electron chi connectivity index (χ4n) is 1.97. The van der Waals surface area contributed by atoms with Gasteiger partial charge in [0.05, 0.1) is 14.9 Å². The Balaban J connectivity index is 1.77. The van der Waals surface area contributed by atoms with Crippen molar-refractivity contribution in [2.45, 2.75) is 22.4 Å². The highest BCUT2D eigenvalue weighted by atomic mass is 32.2. The molecule has 0 atom stereocenters. The highest BCUT2D eigenvalue weighted by molar-refractivity contribution is 8.01. The maximum Gasteiger partial charge on any atom is 0.0983 e. The average molecular weight is 297 g/mol. The minimum atomic E-state index is 0.918. The SMILES string of the molecule is Cc1nc(Cc2ccccc2)sc1Sc1ccccc1. The Morgan fingerprint density at radius 2 is 1.60 bits per heavy atom. The molecule has 0 radical (unpaired) electrons. The first kappa shape index (κ1) is 13.4. The molecule has 0 amide bonds. The molecule has 0 bridgehead atoms. The van der Waals surface area contributed by atoms with Crippen molar-refractivity contribution in [3.05, 3.63) is 76.9 Å². The van der Waals surface area contributed by atoms with Gasteiger partial charge in [0.25, 0.3) is 0 Å². The van der Waals surface area contributed by atoms with Crippen LogP contribution in [0.2, 0.25) is 0 Å². The summed E-state index contributed by atoms with van der Waals surface area (Å²) in [5.41, 5.74) is 2.45. The monoisotopic (exact) mass is 297 g/mol. The van der Waals surface area contributed by atoms with Gasteiger partial charge in [-0.2, -0.15) is 0 Å². The predicted octanol–water partition coefficient (Wildman–Crippen LogP) is 5.19. The van der Waals surface area contributed by atoms with Gasteiger partial charge in [0.1, 0.15) is 0 Å². The number of aryl methyl sites for hydroxylation is 1. The van der Waals surface area contributed by atoms with Crippen LogP contribution in [0.1, 0.15) is 16.3 Å². The maximum atomic E-state index is 4.70. The molecule has 0 aliphatic carbocycles. The summed E-state index contributed by atoms with van der Waals surface area (Å²) < 4.78 is 1.29. The molecular formula is C17H15NS2. The van der Waals surface area contributed by atoms with Crippen molar-refractivity contribution < 1.29 is 0 Å². The van der Waals surface area contributed by atoms with E-state index in [0.29, 0.717) is 0 Å². The fourth-order valence-corrected chi connectivity index (χ4v) is 4.25. The van der Waals surface area contributed by atoms with Gasteiger partial charge in [-0.3, -0.25) is 0 Å². The number of benzene rings is 2. The zero-order chi connectivity index (χ0) is 13.8. The third kappa shape index (κ3) is 3.30. The molecule has 0 N–H and O–H groups in total. The smallest absolute Gasteiger partial charge is 0.0983 e. The van der Waals surface area contributed by atoms with Crippen molar-refractivity contribution in [3.8, 4) is 0 Å². The zero-order valence-corrected chi connectivity index (χ0v) is 12.9. The van der Waals surface area contributed by atoms with E-state index < -0.39 is 0 Å².